The molecule has 21 heavy (non-hydrogen) atoms. The molecule has 1 aliphatic rings. The van der Waals surface area contributed by atoms with Crippen molar-refractivity contribution in [2.75, 3.05) is 13.1 Å². The Balaban J connectivity index is 2.28. The van der Waals surface area contributed by atoms with E-state index in [0.717, 1.165) is 36.4 Å². The number of primary amides is 1. The van der Waals surface area contributed by atoms with Crippen LogP contribution in [0.5, 0.6) is 0 Å². The number of benzene rings is 1. The average molecular weight is 310 g/mol. The van der Waals surface area contributed by atoms with Crippen molar-refractivity contribution in [2.45, 2.75) is 38.3 Å². The average Bonchev–Trinajstić information content (AvgIpc) is 2.49. The van der Waals surface area contributed by atoms with Gasteiger partial charge in [-0.05, 0) is 37.4 Å². The Bertz CT molecular complexity index is 494. The normalized spacial score (nSPS) is 22.7. The van der Waals surface area contributed by atoms with Crippen molar-refractivity contribution in [1.29, 1.82) is 0 Å². The second kappa shape index (κ2) is 7.25. The molecule has 1 heterocycles. The Labute approximate surface area is 131 Å². The van der Waals surface area contributed by atoms with Crippen LogP contribution in [-0.2, 0) is 4.79 Å². The molecule has 2 rings (SSSR count). The molecule has 3 unspecified atom stereocenters. The Morgan fingerprint density at radius 3 is 2.81 bits per heavy atom. The van der Waals surface area contributed by atoms with Gasteiger partial charge in [0.1, 0.15) is 0 Å². The van der Waals surface area contributed by atoms with Gasteiger partial charge in [0.2, 0.25) is 5.91 Å². The molecule has 1 aromatic carbocycles. The molecular formula is C16H24ClN3O. The van der Waals surface area contributed by atoms with E-state index in [-0.39, 0.29) is 23.9 Å². The van der Waals surface area contributed by atoms with E-state index in [9.17, 15) is 4.79 Å². The molecule has 0 spiro atoms. The van der Waals surface area contributed by atoms with E-state index < -0.39 is 0 Å². The summed E-state index contributed by atoms with van der Waals surface area (Å²) in [6, 6.07) is 7.83. The molecule has 0 bridgehead atoms. The summed E-state index contributed by atoms with van der Waals surface area (Å²) in [6.45, 7) is 3.66. The van der Waals surface area contributed by atoms with Crippen LogP contribution in [-0.4, -0.2) is 29.9 Å². The van der Waals surface area contributed by atoms with Crippen LogP contribution in [0.3, 0.4) is 0 Å². The number of likely N-dealkylation sites (tertiary alicyclic amines) is 1. The molecule has 1 aromatic rings. The highest BCUT2D eigenvalue weighted by Crippen LogP contribution is 2.33. The first kappa shape index (κ1) is 16.3. The predicted molar refractivity (Wildman–Crippen MR) is 86.0 cm³/mol. The Hall–Kier alpha value is -1.10. The van der Waals surface area contributed by atoms with E-state index in [1.54, 1.807) is 0 Å². The van der Waals surface area contributed by atoms with Gasteiger partial charge in [-0.1, -0.05) is 36.7 Å². The number of halogens is 1. The van der Waals surface area contributed by atoms with Gasteiger partial charge in [0.25, 0.3) is 0 Å². The summed E-state index contributed by atoms with van der Waals surface area (Å²) < 4.78 is 0. The zero-order chi connectivity index (χ0) is 15.4. The largest absolute Gasteiger partial charge is 0.369 e. The number of amides is 1. The molecule has 0 aromatic heterocycles. The third kappa shape index (κ3) is 3.76. The van der Waals surface area contributed by atoms with Crippen LogP contribution in [0.2, 0.25) is 5.02 Å². The van der Waals surface area contributed by atoms with E-state index >= 15 is 0 Å². The first-order valence-corrected chi connectivity index (χ1v) is 7.95. The van der Waals surface area contributed by atoms with Gasteiger partial charge in [-0.25, -0.2) is 0 Å². The summed E-state index contributed by atoms with van der Waals surface area (Å²) in [5, 5.41) is 0.729. The summed E-state index contributed by atoms with van der Waals surface area (Å²) in [4.78, 5) is 13.8. The summed E-state index contributed by atoms with van der Waals surface area (Å²) >= 11 is 6.36. The van der Waals surface area contributed by atoms with Crippen molar-refractivity contribution in [3.63, 3.8) is 0 Å². The first-order chi connectivity index (χ1) is 10.0. The van der Waals surface area contributed by atoms with Crippen molar-refractivity contribution in [3.05, 3.63) is 34.9 Å². The highest BCUT2D eigenvalue weighted by atomic mass is 35.5. The van der Waals surface area contributed by atoms with Gasteiger partial charge < -0.3 is 11.5 Å². The van der Waals surface area contributed by atoms with E-state index in [1.165, 1.54) is 0 Å². The van der Waals surface area contributed by atoms with E-state index in [4.69, 9.17) is 23.1 Å². The zero-order valence-electron chi connectivity index (χ0n) is 12.5. The van der Waals surface area contributed by atoms with Crippen molar-refractivity contribution < 1.29 is 4.79 Å². The van der Waals surface area contributed by atoms with Gasteiger partial charge in [-0.3, -0.25) is 9.69 Å². The fourth-order valence-corrected chi connectivity index (χ4v) is 3.38. The number of rotatable bonds is 5. The van der Waals surface area contributed by atoms with Crippen LogP contribution in [0.4, 0.5) is 0 Å². The SMILES string of the molecule is CCC(N)C(c1ccccc1Cl)N1CCCC(C(N)=O)C1. The minimum absolute atomic E-state index is 0.0171. The Morgan fingerprint density at radius 2 is 2.19 bits per heavy atom. The van der Waals surface area contributed by atoms with Crippen molar-refractivity contribution >= 4 is 17.5 Å². The lowest BCUT2D eigenvalue weighted by Gasteiger charge is -2.40. The van der Waals surface area contributed by atoms with E-state index in [1.807, 2.05) is 24.3 Å². The summed E-state index contributed by atoms with van der Waals surface area (Å²) in [7, 11) is 0. The fraction of sp³-hybridized carbons (Fsp3) is 0.562. The molecule has 1 aliphatic heterocycles. The monoisotopic (exact) mass is 309 g/mol. The smallest absolute Gasteiger partial charge is 0.221 e. The molecule has 0 radical (unpaired) electrons. The molecule has 1 saturated heterocycles. The van der Waals surface area contributed by atoms with Crippen LogP contribution in [0, 0.1) is 5.92 Å². The molecule has 4 N–H and O–H groups in total. The molecule has 1 amide bonds. The quantitative estimate of drug-likeness (QED) is 0.876. The van der Waals surface area contributed by atoms with Crippen LogP contribution in [0.15, 0.2) is 24.3 Å². The summed E-state index contributed by atoms with van der Waals surface area (Å²) in [5.41, 5.74) is 12.9. The molecule has 0 saturated carbocycles. The third-order valence-corrected chi connectivity index (χ3v) is 4.69. The number of carbonyl (C=O) groups excluding carboxylic acids is 1. The van der Waals surface area contributed by atoms with Crippen LogP contribution < -0.4 is 11.5 Å². The Morgan fingerprint density at radius 1 is 1.48 bits per heavy atom. The number of hydrogen-bond acceptors (Lipinski definition) is 3. The molecular weight excluding hydrogens is 286 g/mol. The first-order valence-electron chi connectivity index (χ1n) is 7.58. The maximum atomic E-state index is 11.5. The summed E-state index contributed by atoms with van der Waals surface area (Å²) in [5.74, 6) is -0.310. The van der Waals surface area contributed by atoms with E-state index in [0.29, 0.717) is 6.54 Å². The zero-order valence-corrected chi connectivity index (χ0v) is 13.2. The maximum absolute atomic E-state index is 11.5. The van der Waals surface area contributed by atoms with E-state index in [2.05, 4.69) is 11.8 Å². The molecule has 5 heteroatoms. The lowest BCUT2D eigenvalue weighted by molar-refractivity contribution is -0.123. The highest BCUT2D eigenvalue weighted by molar-refractivity contribution is 6.31. The number of hydrogen-bond donors (Lipinski definition) is 2. The van der Waals surface area contributed by atoms with Crippen molar-refractivity contribution in [2.24, 2.45) is 17.4 Å². The topological polar surface area (TPSA) is 72.3 Å². The lowest BCUT2D eigenvalue weighted by atomic mass is 9.90. The predicted octanol–water partition coefficient (Wildman–Crippen LogP) is 2.32. The van der Waals surface area contributed by atoms with Crippen molar-refractivity contribution in [1.82, 2.24) is 4.90 Å². The fourth-order valence-electron chi connectivity index (χ4n) is 3.13. The lowest BCUT2D eigenvalue weighted by Crippen LogP contribution is -2.48. The van der Waals surface area contributed by atoms with Crippen LogP contribution >= 0.6 is 11.6 Å². The second-order valence-electron chi connectivity index (χ2n) is 5.77. The number of nitrogens with two attached hydrogens (primary N) is 2. The van der Waals surface area contributed by atoms with Crippen LogP contribution in [0.25, 0.3) is 0 Å². The van der Waals surface area contributed by atoms with Crippen molar-refractivity contribution in [3.8, 4) is 0 Å². The van der Waals surface area contributed by atoms with Gasteiger partial charge in [-0.2, -0.15) is 0 Å². The minimum atomic E-state index is -0.220. The maximum Gasteiger partial charge on any atom is 0.221 e. The second-order valence-corrected chi connectivity index (χ2v) is 6.18. The molecule has 1 fully saturated rings. The molecule has 4 nitrogen and oxygen atoms in total. The third-order valence-electron chi connectivity index (χ3n) is 4.35. The van der Waals surface area contributed by atoms with Crippen LogP contribution in [0.1, 0.15) is 37.8 Å². The van der Waals surface area contributed by atoms with Gasteiger partial charge in [-0.15, -0.1) is 0 Å². The number of nitrogens with zero attached hydrogens (tertiary/aromatic N) is 1. The van der Waals surface area contributed by atoms with Gasteiger partial charge in [0, 0.05) is 17.6 Å². The number of piperidine rings is 1. The minimum Gasteiger partial charge on any atom is -0.369 e. The van der Waals surface area contributed by atoms with Gasteiger partial charge >= 0.3 is 0 Å². The van der Waals surface area contributed by atoms with Gasteiger partial charge in [0.05, 0.1) is 12.0 Å². The number of carbonyl (C=O) groups is 1. The molecule has 116 valence electrons. The van der Waals surface area contributed by atoms with Gasteiger partial charge in [0.15, 0.2) is 0 Å². The standard InChI is InChI=1S/C16H24ClN3O/c1-2-14(18)15(12-7-3-4-8-13(12)17)20-9-5-6-11(10-20)16(19)21/h3-4,7-8,11,14-15H,2,5-6,9-10,18H2,1H3,(H2,19,21). The molecule has 3 atom stereocenters. The summed E-state index contributed by atoms with van der Waals surface area (Å²) in [6.07, 6.45) is 2.68. The Kier molecular flexibility index (Phi) is 5.62. The molecule has 0 aliphatic carbocycles. The highest BCUT2D eigenvalue weighted by Gasteiger charge is 2.32.